The highest BCUT2D eigenvalue weighted by atomic mass is 32.2. The first kappa shape index (κ1) is 16.6. The number of rotatable bonds is 8. The van der Waals surface area contributed by atoms with Crippen molar-refractivity contribution in [1.29, 1.82) is 0 Å². The van der Waals surface area contributed by atoms with E-state index in [9.17, 15) is 8.42 Å². The number of hydrogen-bond acceptors (Lipinski definition) is 6. The Labute approximate surface area is 119 Å². The lowest BCUT2D eigenvalue weighted by Gasteiger charge is -2.07. The van der Waals surface area contributed by atoms with Crippen LogP contribution in [0.25, 0.3) is 0 Å². The number of sulfone groups is 1. The molecule has 5 nitrogen and oxygen atoms in total. The van der Waals surface area contributed by atoms with Gasteiger partial charge in [-0.1, -0.05) is 20.8 Å². The minimum absolute atomic E-state index is 0.0204. The van der Waals surface area contributed by atoms with Crippen LogP contribution >= 0.6 is 11.3 Å². The minimum atomic E-state index is -3.04. The molecule has 1 N–H and O–H groups in total. The van der Waals surface area contributed by atoms with Crippen LogP contribution in [0.2, 0.25) is 0 Å². The van der Waals surface area contributed by atoms with E-state index < -0.39 is 9.84 Å². The Morgan fingerprint density at radius 3 is 2.63 bits per heavy atom. The maximum Gasteiger partial charge on any atom is 0.156 e. The number of nitrogens with zero attached hydrogens (tertiary/aromatic N) is 1. The summed E-state index contributed by atoms with van der Waals surface area (Å²) in [6, 6.07) is 0.375. The second-order valence-corrected chi connectivity index (χ2v) is 8.14. The highest BCUT2D eigenvalue weighted by Gasteiger charge is 2.16. The summed E-state index contributed by atoms with van der Waals surface area (Å²) in [5.74, 6) is 0.165. The van der Waals surface area contributed by atoms with Crippen molar-refractivity contribution in [1.82, 2.24) is 10.3 Å². The van der Waals surface area contributed by atoms with E-state index in [2.05, 4.69) is 24.1 Å². The largest absolute Gasteiger partial charge is 0.378 e. The third-order valence-corrected chi connectivity index (χ3v) is 5.43. The summed E-state index contributed by atoms with van der Waals surface area (Å²) in [5.41, 5.74) is 0.835. The lowest BCUT2D eigenvalue weighted by atomic mass is 10.3. The molecule has 0 fully saturated rings. The third-order valence-electron chi connectivity index (χ3n) is 2.56. The maximum absolute atomic E-state index is 11.6. The molecule has 0 amide bonds. The fourth-order valence-electron chi connectivity index (χ4n) is 1.47. The van der Waals surface area contributed by atoms with E-state index in [1.165, 1.54) is 11.3 Å². The van der Waals surface area contributed by atoms with Crippen LogP contribution in [0.15, 0.2) is 0 Å². The van der Waals surface area contributed by atoms with Crippen molar-refractivity contribution in [3.8, 4) is 0 Å². The molecule has 0 aromatic carbocycles. The van der Waals surface area contributed by atoms with Crippen LogP contribution in [-0.2, 0) is 33.5 Å². The lowest BCUT2D eigenvalue weighted by Crippen LogP contribution is -2.21. The van der Waals surface area contributed by atoms with Gasteiger partial charge < -0.3 is 10.1 Å². The normalized spacial score (nSPS) is 12.3. The molecule has 0 aliphatic heterocycles. The van der Waals surface area contributed by atoms with Crippen molar-refractivity contribution < 1.29 is 13.2 Å². The molecule has 110 valence electrons. The van der Waals surface area contributed by atoms with E-state index >= 15 is 0 Å². The molecular weight excluding hydrogens is 284 g/mol. The molecule has 19 heavy (non-hydrogen) atoms. The Kier molecular flexibility index (Phi) is 6.38. The zero-order valence-electron chi connectivity index (χ0n) is 11.9. The summed E-state index contributed by atoms with van der Waals surface area (Å²) in [6.45, 7) is 6.90. The Morgan fingerprint density at radius 2 is 2.11 bits per heavy atom. The average Bonchev–Trinajstić information content (AvgIpc) is 2.68. The number of nitrogens with one attached hydrogen (secondary N) is 1. The van der Waals surface area contributed by atoms with Crippen molar-refractivity contribution in [2.75, 3.05) is 12.9 Å². The van der Waals surface area contributed by atoms with Gasteiger partial charge in [-0.25, -0.2) is 13.4 Å². The van der Waals surface area contributed by atoms with Crippen LogP contribution in [0.5, 0.6) is 0 Å². The molecule has 0 aliphatic rings. The zero-order valence-corrected chi connectivity index (χ0v) is 13.5. The summed E-state index contributed by atoms with van der Waals surface area (Å²) in [4.78, 5) is 5.44. The standard InChI is InChI=1S/C12H22N2O3S2/c1-5-19(15,16)8-12-14-10(7-17-4)11(18-12)6-13-9(2)3/h9,13H,5-8H2,1-4H3. The number of methoxy groups -OCH3 is 1. The van der Waals surface area contributed by atoms with Crippen LogP contribution in [-0.4, -0.2) is 32.3 Å². The SMILES string of the molecule is CCS(=O)(=O)Cc1nc(COC)c(CNC(C)C)s1. The van der Waals surface area contributed by atoms with E-state index in [4.69, 9.17) is 4.74 Å². The van der Waals surface area contributed by atoms with Gasteiger partial charge in [0.25, 0.3) is 0 Å². The van der Waals surface area contributed by atoms with Gasteiger partial charge >= 0.3 is 0 Å². The van der Waals surface area contributed by atoms with E-state index in [1.54, 1.807) is 14.0 Å². The van der Waals surface area contributed by atoms with Crippen LogP contribution in [0.3, 0.4) is 0 Å². The van der Waals surface area contributed by atoms with Gasteiger partial charge in [0.1, 0.15) is 10.8 Å². The van der Waals surface area contributed by atoms with E-state index in [0.29, 0.717) is 24.2 Å². The summed E-state index contributed by atoms with van der Waals surface area (Å²) >= 11 is 1.45. The number of aromatic nitrogens is 1. The number of hydrogen-bond donors (Lipinski definition) is 1. The van der Waals surface area contributed by atoms with E-state index in [1.807, 2.05) is 0 Å². The molecule has 0 atom stereocenters. The first-order valence-corrected chi connectivity index (χ1v) is 8.92. The molecule has 0 unspecified atom stereocenters. The molecule has 0 spiro atoms. The monoisotopic (exact) mass is 306 g/mol. The van der Waals surface area contributed by atoms with Crippen molar-refractivity contribution in [2.45, 2.75) is 45.7 Å². The molecule has 0 aliphatic carbocycles. The third kappa shape index (κ3) is 5.56. The second kappa shape index (κ2) is 7.33. The van der Waals surface area contributed by atoms with Crippen LogP contribution < -0.4 is 5.32 Å². The van der Waals surface area contributed by atoms with Gasteiger partial charge in [-0.05, 0) is 0 Å². The highest BCUT2D eigenvalue weighted by Crippen LogP contribution is 2.21. The molecule has 0 saturated carbocycles. The van der Waals surface area contributed by atoms with E-state index in [0.717, 1.165) is 10.6 Å². The molecular formula is C12H22N2O3S2. The van der Waals surface area contributed by atoms with Crippen LogP contribution in [0.4, 0.5) is 0 Å². The minimum Gasteiger partial charge on any atom is -0.378 e. The lowest BCUT2D eigenvalue weighted by molar-refractivity contribution is 0.181. The van der Waals surface area contributed by atoms with Crippen LogP contribution in [0, 0.1) is 0 Å². The number of thiazole rings is 1. The topological polar surface area (TPSA) is 68.3 Å². The number of ether oxygens (including phenoxy) is 1. The Bertz CT molecular complexity index is 495. The van der Waals surface area contributed by atoms with Gasteiger partial charge in [-0.3, -0.25) is 0 Å². The summed E-state index contributed by atoms with van der Waals surface area (Å²) in [5, 5.41) is 3.96. The molecule has 7 heteroatoms. The molecule has 0 bridgehead atoms. The quantitative estimate of drug-likeness (QED) is 0.792. The van der Waals surface area contributed by atoms with Gasteiger partial charge in [-0.15, -0.1) is 11.3 Å². The fraction of sp³-hybridized carbons (Fsp3) is 0.750. The smallest absolute Gasteiger partial charge is 0.156 e. The molecule has 1 heterocycles. The van der Waals surface area contributed by atoms with Gasteiger partial charge in [0.2, 0.25) is 0 Å². The highest BCUT2D eigenvalue weighted by molar-refractivity contribution is 7.90. The Morgan fingerprint density at radius 1 is 1.42 bits per heavy atom. The Hall–Kier alpha value is -0.500. The summed E-state index contributed by atoms with van der Waals surface area (Å²) in [6.07, 6.45) is 0. The van der Waals surface area contributed by atoms with Gasteiger partial charge in [0.15, 0.2) is 9.84 Å². The summed E-state index contributed by atoms with van der Waals surface area (Å²) in [7, 11) is -1.42. The van der Waals surface area contributed by atoms with Gasteiger partial charge in [0, 0.05) is 30.3 Å². The fourth-order valence-corrected chi connectivity index (χ4v) is 3.71. The predicted octanol–water partition coefficient (Wildman–Crippen LogP) is 1.72. The second-order valence-electron chi connectivity index (χ2n) is 4.62. The maximum atomic E-state index is 11.6. The first-order valence-electron chi connectivity index (χ1n) is 6.28. The van der Waals surface area contributed by atoms with Crippen LogP contribution in [0.1, 0.15) is 36.3 Å². The molecule has 0 radical (unpaired) electrons. The van der Waals surface area contributed by atoms with Crippen molar-refractivity contribution in [3.05, 3.63) is 15.6 Å². The Balaban J connectivity index is 2.87. The molecule has 1 aromatic heterocycles. The van der Waals surface area contributed by atoms with E-state index in [-0.39, 0.29) is 11.5 Å². The average molecular weight is 306 g/mol. The first-order chi connectivity index (χ1) is 8.88. The zero-order chi connectivity index (χ0) is 14.5. The van der Waals surface area contributed by atoms with Gasteiger partial charge in [-0.2, -0.15) is 0 Å². The molecule has 0 saturated heterocycles. The van der Waals surface area contributed by atoms with Crippen molar-refractivity contribution in [2.24, 2.45) is 0 Å². The van der Waals surface area contributed by atoms with Gasteiger partial charge in [0.05, 0.1) is 12.3 Å². The molecule has 1 aromatic rings. The van der Waals surface area contributed by atoms with Crippen molar-refractivity contribution >= 4 is 21.2 Å². The molecule has 1 rings (SSSR count). The summed E-state index contributed by atoms with van der Waals surface area (Å²) < 4.78 is 28.4. The predicted molar refractivity (Wildman–Crippen MR) is 78.0 cm³/mol. The van der Waals surface area contributed by atoms with Crippen molar-refractivity contribution in [3.63, 3.8) is 0 Å².